The molecule has 2 aromatic rings. The third kappa shape index (κ3) is 2.60. The van der Waals surface area contributed by atoms with Gasteiger partial charge in [0, 0.05) is 10.0 Å². The largest absolute Gasteiger partial charge is 0.507 e. The van der Waals surface area contributed by atoms with Crippen LogP contribution in [0.1, 0.15) is 5.56 Å². The fraction of sp³-hybridized carbons (Fsp3) is 0. The Morgan fingerprint density at radius 3 is 2.41 bits per heavy atom. The van der Waals surface area contributed by atoms with Gasteiger partial charge in [-0.3, -0.25) is 15.0 Å². The Bertz CT molecular complexity index is 784. The number of phenolic OH excluding ortho intramolecular Hbond substituents is 1. The van der Waals surface area contributed by atoms with Crippen LogP contribution in [0.3, 0.4) is 0 Å². The van der Waals surface area contributed by atoms with Crippen LogP contribution in [0.2, 0.25) is 0 Å². The van der Waals surface area contributed by atoms with Crippen LogP contribution < -0.4 is 10.4 Å². The topological polar surface area (TPSA) is 69.6 Å². The van der Waals surface area contributed by atoms with Crippen molar-refractivity contribution in [1.29, 1.82) is 0 Å². The van der Waals surface area contributed by atoms with Gasteiger partial charge in [0.15, 0.2) is 0 Å². The highest BCUT2D eigenvalue weighted by atomic mass is 79.9. The summed E-state index contributed by atoms with van der Waals surface area (Å²) < 4.78 is 0.874. The third-order valence-corrected chi connectivity index (χ3v) is 3.74. The summed E-state index contributed by atoms with van der Waals surface area (Å²) in [4.78, 5) is 24.4. The molecule has 6 heteroatoms. The van der Waals surface area contributed by atoms with Crippen molar-refractivity contribution in [2.45, 2.75) is 0 Å². The van der Waals surface area contributed by atoms with Crippen molar-refractivity contribution in [3.63, 3.8) is 0 Å². The molecule has 2 N–H and O–H groups in total. The van der Waals surface area contributed by atoms with Crippen molar-refractivity contribution in [2.24, 2.45) is 0 Å². The molecular formula is C16H11BrN2O3. The molecule has 0 saturated carbocycles. The lowest BCUT2D eigenvalue weighted by atomic mass is 10.1. The molecule has 1 saturated heterocycles. The molecule has 0 radical (unpaired) electrons. The number of nitrogens with one attached hydrogen (secondary N) is 1. The molecule has 110 valence electrons. The van der Waals surface area contributed by atoms with Gasteiger partial charge in [-0.25, -0.2) is 5.01 Å². The van der Waals surface area contributed by atoms with Crippen molar-refractivity contribution in [3.05, 3.63) is 64.1 Å². The molecule has 2 aromatic carbocycles. The Balaban J connectivity index is 1.95. The second-order valence-corrected chi connectivity index (χ2v) is 5.59. The molecular weight excluding hydrogens is 348 g/mol. The quantitative estimate of drug-likeness (QED) is 0.640. The van der Waals surface area contributed by atoms with Crippen LogP contribution in [-0.2, 0) is 9.59 Å². The Morgan fingerprint density at radius 2 is 1.73 bits per heavy atom. The second-order valence-electron chi connectivity index (χ2n) is 4.67. The van der Waals surface area contributed by atoms with E-state index in [1.165, 1.54) is 17.2 Å². The number of anilines is 1. The van der Waals surface area contributed by atoms with Crippen molar-refractivity contribution >= 4 is 39.5 Å². The molecule has 1 fully saturated rings. The maximum atomic E-state index is 12.4. The summed E-state index contributed by atoms with van der Waals surface area (Å²) in [7, 11) is 0. The first kappa shape index (κ1) is 14.3. The molecule has 0 aromatic heterocycles. The zero-order valence-corrected chi connectivity index (χ0v) is 12.9. The van der Waals surface area contributed by atoms with Gasteiger partial charge >= 0.3 is 0 Å². The first-order valence-corrected chi connectivity index (χ1v) is 7.26. The van der Waals surface area contributed by atoms with Gasteiger partial charge < -0.3 is 5.11 Å². The number of aromatic hydroxyl groups is 1. The Kier molecular flexibility index (Phi) is 3.68. The molecule has 3 rings (SSSR count). The maximum Gasteiger partial charge on any atom is 0.282 e. The van der Waals surface area contributed by atoms with Gasteiger partial charge in [0.2, 0.25) is 0 Å². The van der Waals surface area contributed by atoms with E-state index in [4.69, 9.17) is 0 Å². The number of halogens is 1. The molecule has 1 aliphatic rings. The van der Waals surface area contributed by atoms with Crippen LogP contribution in [0, 0.1) is 0 Å². The predicted molar refractivity (Wildman–Crippen MR) is 85.9 cm³/mol. The number of nitrogens with zero attached hydrogens (tertiary/aromatic N) is 1. The van der Waals surface area contributed by atoms with Gasteiger partial charge in [-0.05, 0) is 36.4 Å². The minimum Gasteiger partial charge on any atom is -0.507 e. The van der Waals surface area contributed by atoms with Gasteiger partial charge in [0.1, 0.15) is 11.3 Å². The second kappa shape index (κ2) is 5.65. The molecule has 5 nitrogen and oxygen atoms in total. The number of hydrogen-bond donors (Lipinski definition) is 2. The van der Waals surface area contributed by atoms with Gasteiger partial charge in [-0.2, -0.15) is 0 Å². The van der Waals surface area contributed by atoms with Crippen LogP contribution in [0.4, 0.5) is 5.69 Å². The van der Waals surface area contributed by atoms with Crippen LogP contribution >= 0.6 is 15.9 Å². The molecule has 22 heavy (non-hydrogen) atoms. The number of para-hydroxylation sites is 1. The van der Waals surface area contributed by atoms with Gasteiger partial charge in [0.25, 0.3) is 11.8 Å². The SMILES string of the molecule is O=C1NN(c2ccc(Br)cc2)C(=O)C1=Cc1ccccc1O. The van der Waals surface area contributed by atoms with E-state index in [1.54, 1.807) is 42.5 Å². The molecule has 2 amide bonds. The summed E-state index contributed by atoms with van der Waals surface area (Å²) in [6, 6.07) is 13.5. The molecule has 0 bridgehead atoms. The summed E-state index contributed by atoms with van der Waals surface area (Å²) in [6.07, 6.45) is 1.38. The number of hydrogen-bond acceptors (Lipinski definition) is 3. The fourth-order valence-electron chi connectivity index (χ4n) is 2.09. The fourth-order valence-corrected chi connectivity index (χ4v) is 2.36. The van der Waals surface area contributed by atoms with Crippen LogP contribution in [0.15, 0.2) is 58.6 Å². The summed E-state index contributed by atoms with van der Waals surface area (Å²) in [5.41, 5.74) is 3.46. The highest BCUT2D eigenvalue weighted by Crippen LogP contribution is 2.25. The van der Waals surface area contributed by atoms with E-state index >= 15 is 0 Å². The molecule has 1 aliphatic heterocycles. The summed E-state index contributed by atoms with van der Waals surface area (Å²) in [5.74, 6) is -0.954. The number of rotatable bonds is 2. The average Bonchev–Trinajstić information content (AvgIpc) is 2.78. The highest BCUT2D eigenvalue weighted by Gasteiger charge is 2.34. The number of hydrazine groups is 1. The van der Waals surface area contributed by atoms with E-state index in [2.05, 4.69) is 21.4 Å². The summed E-state index contributed by atoms with van der Waals surface area (Å²) in [5, 5.41) is 10.9. The van der Waals surface area contributed by atoms with Crippen molar-refractivity contribution in [1.82, 2.24) is 5.43 Å². The lowest BCUT2D eigenvalue weighted by Gasteiger charge is -2.14. The number of phenols is 1. The molecule has 1 heterocycles. The molecule has 0 spiro atoms. The molecule has 0 aliphatic carbocycles. The van der Waals surface area contributed by atoms with Crippen LogP contribution in [0.5, 0.6) is 5.75 Å². The van der Waals surface area contributed by atoms with Crippen molar-refractivity contribution < 1.29 is 14.7 Å². The van der Waals surface area contributed by atoms with Crippen molar-refractivity contribution in [2.75, 3.05) is 5.01 Å². The normalized spacial score (nSPS) is 16.2. The molecule has 0 unspecified atom stereocenters. The molecule has 0 atom stereocenters. The lowest BCUT2D eigenvalue weighted by Crippen LogP contribution is -2.35. The smallest absolute Gasteiger partial charge is 0.282 e. The van der Waals surface area contributed by atoms with Crippen molar-refractivity contribution in [3.8, 4) is 5.75 Å². The Hall–Kier alpha value is -2.60. The van der Waals surface area contributed by atoms with Gasteiger partial charge in [-0.15, -0.1) is 0 Å². The zero-order chi connectivity index (χ0) is 15.7. The lowest BCUT2D eigenvalue weighted by molar-refractivity contribution is -0.117. The van der Waals surface area contributed by atoms with E-state index in [0.717, 1.165) is 4.47 Å². The first-order chi connectivity index (χ1) is 10.6. The maximum absolute atomic E-state index is 12.4. The van der Waals surface area contributed by atoms with Crippen LogP contribution in [0.25, 0.3) is 6.08 Å². The summed E-state index contributed by atoms with van der Waals surface area (Å²) >= 11 is 3.32. The predicted octanol–water partition coefficient (Wildman–Crippen LogP) is 2.62. The Morgan fingerprint density at radius 1 is 1.05 bits per heavy atom. The number of carbonyl (C=O) groups excluding carboxylic acids is 2. The standard InChI is InChI=1S/C16H11BrN2O3/c17-11-5-7-12(8-6-11)19-16(22)13(15(21)18-19)9-10-3-1-2-4-14(10)20/h1-9,20H,(H,18,21). The van der Waals surface area contributed by atoms with E-state index in [0.29, 0.717) is 11.3 Å². The Labute approximate surface area is 135 Å². The van der Waals surface area contributed by atoms with Crippen LogP contribution in [-0.4, -0.2) is 16.9 Å². The zero-order valence-electron chi connectivity index (χ0n) is 11.3. The minimum atomic E-state index is -0.504. The summed E-state index contributed by atoms with van der Waals surface area (Å²) in [6.45, 7) is 0. The van der Waals surface area contributed by atoms with Gasteiger partial charge in [0.05, 0.1) is 5.69 Å². The van der Waals surface area contributed by atoms with E-state index < -0.39 is 11.8 Å². The monoisotopic (exact) mass is 358 g/mol. The average molecular weight is 359 g/mol. The minimum absolute atomic E-state index is 0.0118. The van der Waals surface area contributed by atoms with E-state index in [1.807, 2.05) is 0 Å². The number of carbonyl (C=O) groups is 2. The van der Waals surface area contributed by atoms with Gasteiger partial charge in [-0.1, -0.05) is 34.1 Å². The first-order valence-electron chi connectivity index (χ1n) is 6.47. The van der Waals surface area contributed by atoms with E-state index in [-0.39, 0.29) is 11.3 Å². The van der Waals surface area contributed by atoms with E-state index in [9.17, 15) is 14.7 Å². The number of amides is 2. The number of benzene rings is 2. The third-order valence-electron chi connectivity index (χ3n) is 3.21. The highest BCUT2D eigenvalue weighted by molar-refractivity contribution is 9.10.